The summed E-state index contributed by atoms with van der Waals surface area (Å²) in [6, 6.07) is 8.85. The van der Waals surface area contributed by atoms with Crippen LogP contribution in [0.15, 0.2) is 42.5 Å². The van der Waals surface area contributed by atoms with Crippen LogP contribution in [0, 0.1) is 5.82 Å². The topological polar surface area (TPSA) is 86.8 Å². The average Bonchev–Trinajstić information content (AvgIpc) is 2.71. The third-order valence-corrected chi connectivity index (χ3v) is 6.90. The molecule has 0 radical (unpaired) electrons. The number of carbonyl (C=O) groups excluding carboxylic acids is 2. The molecule has 0 spiro atoms. The zero-order valence-corrected chi connectivity index (χ0v) is 22.6. The van der Waals surface area contributed by atoms with Gasteiger partial charge < -0.3 is 10.2 Å². The standard InChI is InChI=1S/C24H30Cl2FN3O4S/c1-6-21(23(32)28-24(2,3)4)29(14-18-19(25)11-8-12-20(18)26)22(31)15-30(35(5,33)34)17-10-7-9-16(27)13-17/h7-13,21H,6,14-15H2,1-5H3,(H,28,32)/t21-/m0/s1. The first-order valence-corrected chi connectivity index (χ1v) is 13.5. The first-order valence-electron chi connectivity index (χ1n) is 10.9. The van der Waals surface area contributed by atoms with Gasteiger partial charge in [0, 0.05) is 27.7 Å². The molecule has 2 aromatic carbocycles. The highest BCUT2D eigenvalue weighted by Crippen LogP contribution is 2.28. The van der Waals surface area contributed by atoms with Crippen molar-refractivity contribution in [1.82, 2.24) is 10.2 Å². The molecule has 0 saturated carbocycles. The number of anilines is 1. The molecule has 0 aliphatic carbocycles. The zero-order chi connectivity index (χ0) is 26.6. The van der Waals surface area contributed by atoms with E-state index in [0.29, 0.717) is 15.6 Å². The Morgan fingerprint density at radius 1 is 1.09 bits per heavy atom. The van der Waals surface area contributed by atoms with Gasteiger partial charge in [-0.2, -0.15) is 0 Å². The van der Waals surface area contributed by atoms with Gasteiger partial charge in [-0.25, -0.2) is 12.8 Å². The van der Waals surface area contributed by atoms with E-state index < -0.39 is 45.8 Å². The van der Waals surface area contributed by atoms with E-state index in [4.69, 9.17) is 23.2 Å². The minimum Gasteiger partial charge on any atom is -0.350 e. The van der Waals surface area contributed by atoms with Crippen molar-refractivity contribution in [2.45, 2.75) is 52.2 Å². The minimum atomic E-state index is -3.97. The fourth-order valence-corrected chi connectivity index (χ4v) is 4.83. The van der Waals surface area contributed by atoms with E-state index in [2.05, 4.69) is 5.32 Å². The van der Waals surface area contributed by atoms with Crippen molar-refractivity contribution in [3.63, 3.8) is 0 Å². The molecule has 0 aromatic heterocycles. The number of nitrogens with zero attached hydrogens (tertiary/aromatic N) is 2. The minimum absolute atomic E-state index is 0.0104. The molecule has 192 valence electrons. The van der Waals surface area contributed by atoms with E-state index in [0.717, 1.165) is 16.6 Å². The second-order valence-electron chi connectivity index (χ2n) is 9.13. The fraction of sp³-hybridized carbons (Fsp3) is 0.417. The third-order valence-electron chi connectivity index (χ3n) is 5.05. The van der Waals surface area contributed by atoms with Gasteiger partial charge in [-0.1, -0.05) is 42.3 Å². The van der Waals surface area contributed by atoms with E-state index in [1.807, 2.05) is 20.8 Å². The first-order chi connectivity index (χ1) is 16.1. The predicted octanol–water partition coefficient (Wildman–Crippen LogP) is 4.62. The van der Waals surface area contributed by atoms with Crippen molar-refractivity contribution in [1.29, 1.82) is 0 Å². The summed E-state index contributed by atoms with van der Waals surface area (Å²) in [6.07, 6.45) is 1.17. The highest BCUT2D eigenvalue weighted by Gasteiger charge is 2.33. The quantitative estimate of drug-likeness (QED) is 0.498. The molecule has 0 bridgehead atoms. The number of amides is 2. The molecule has 2 rings (SSSR count). The van der Waals surface area contributed by atoms with Crippen LogP contribution in [0.5, 0.6) is 0 Å². The van der Waals surface area contributed by atoms with Gasteiger partial charge in [-0.15, -0.1) is 0 Å². The number of hydrogen-bond acceptors (Lipinski definition) is 4. The molecule has 1 atom stereocenters. The van der Waals surface area contributed by atoms with Gasteiger partial charge >= 0.3 is 0 Å². The normalized spacial score (nSPS) is 12.7. The Balaban J connectivity index is 2.52. The molecule has 0 aliphatic heterocycles. The van der Waals surface area contributed by atoms with Crippen LogP contribution in [0.3, 0.4) is 0 Å². The molecule has 7 nitrogen and oxygen atoms in total. The number of halogens is 3. The molecule has 2 amide bonds. The summed E-state index contributed by atoms with van der Waals surface area (Å²) in [7, 11) is -3.97. The summed E-state index contributed by atoms with van der Waals surface area (Å²) in [5.74, 6) is -1.74. The van der Waals surface area contributed by atoms with E-state index >= 15 is 0 Å². The van der Waals surface area contributed by atoms with Gasteiger partial charge in [0.15, 0.2) is 0 Å². The van der Waals surface area contributed by atoms with Crippen LogP contribution in [0.2, 0.25) is 10.0 Å². The van der Waals surface area contributed by atoms with Gasteiger partial charge in [0.25, 0.3) is 0 Å². The van der Waals surface area contributed by atoms with E-state index in [-0.39, 0.29) is 18.7 Å². The molecule has 0 fully saturated rings. The van der Waals surface area contributed by atoms with Crippen molar-refractivity contribution >= 4 is 50.7 Å². The Morgan fingerprint density at radius 2 is 1.66 bits per heavy atom. The second kappa shape index (κ2) is 11.6. The molecule has 0 saturated heterocycles. The highest BCUT2D eigenvalue weighted by atomic mass is 35.5. The summed E-state index contributed by atoms with van der Waals surface area (Å²) in [6.45, 7) is 6.39. The molecular weight excluding hydrogens is 516 g/mol. The Bertz CT molecular complexity index is 1170. The summed E-state index contributed by atoms with van der Waals surface area (Å²) >= 11 is 12.7. The molecule has 35 heavy (non-hydrogen) atoms. The number of nitrogens with one attached hydrogen (secondary N) is 1. The summed E-state index contributed by atoms with van der Waals surface area (Å²) in [5.41, 5.74) is -0.159. The van der Waals surface area contributed by atoms with Gasteiger partial charge in [0.1, 0.15) is 18.4 Å². The van der Waals surface area contributed by atoms with E-state index in [1.54, 1.807) is 25.1 Å². The summed E-state index contributed by atoms with van der Waals surface area (Å²) in [5, 5.41) is 3.46. The van der Waals surface area contributed by atoms with Crippen LogP contribution in [-0.2, 0) is 26.2 Å². The van der Waals surface area contributed by atoms with Gasteiger partial charge in [-0.3, -0.25) is 13.9 Å². The second-order valence-corrected chi connectivity index (χ2v) is 11.9. The van der Waals surface area contributed by atoms with E-state index in [9.17, 15) is 22.4 Å². The van der Waals surface area contributed by atoms with Crippen molar-refractivity contribution in [3.05, 3.63) is 63.9 Å². The van der Waals surface area contributed by atoms with Crippen molar-refractivity contribution in [2.75, 3.05) is 17.1 Å². The predicted molar refractivity (Wildman–Crippen MR) is 138 cm³/mol. The van der Waals surface area contributed by atoms with Crippen LogP contribution in [0.1, 0.15) is 39.7 Å². The Kier molecular flexibility index (Phi) is 9.56. The van der Waals surface area contributed by atoms with Gasteiger partial charge in [0.2, 0.25) is 21.8 Å². The lowest BCUT2D eigenvalue weighted by Gasteiger charge is -2.34. The smallest absolute Gasteiger partial charge is 0.244 e. The van der Waals surface area contributed by atoms with Crippen LogP contribution in [0.4, 0.5) is 10.1 Å². The maximum atomic E-state index is 13.8. The van der Waals surface area contributed by atoms with Crippen molar-refractivity contribution in [2.24, 2.45) is 0 Å². The Morgan fingerprint density at radius 3 is 2.14 bits per heavy atom. The lowest BCUT2D eigenvalue weighted by atomic mass is 10.1. The summed E-state index contributed by atoms with van der Waals surface area (Å²) in [4.78, 5) is 28.0. The van der Waals surface area contributed by atoms with Crippen molar-refractivity contribution < 1.29 is 22.4 Å². The van der Waals surface area contributed by atoms with E-state index in [1.165, 1.54) is 23.1 Å². The number of hydrogen-bond donors (Lipinski definition) is 1. The molecule has 2 aromatic rings. The third kappa shape index (κ3) is 8.08. The Labute approximate surface area is 216 Å². The average molecular weight is 546 g/mol. The lowest BCUT2D eigenvalue weighted by Crippen LogP contribution is -2.55. The molecular formula is C24H30Cl2FN3O4S. The zero-order valence-electron chi connectivity index (χ0n) is 20.3. The Hall–Kier alpha value is -2.36. The molecule has 0 aliphatic rings. The first kappa shape index (κ1) is 28.9. The fourth-order valence-electron chi connectivity index (χ4n) is 3.47. The molecule has 0 heterocycles. The molecule has 1 N–H and O–H groups in total. The van der Waals surface area contributed by atoms with Crippen LogP contribution >= 0.6 is 23.2 Å². The number of carbonyl (C=O) groups is 2. The number of rotatable bonds is 9. The SMILES string of the molecule is CC[C@@H](C(=O)NC(C)(C)C)N(Cc1c(Cl)cccc1Cl)C(=O)CN(c1cccc(F)c1)S(C)(=O)=O. The van der Waals surface area contributed by atoms with Crippen LogP contribution in [-0.4, -0.2) is 49.5 Å². The number of sulfonamides is 1. The summed E-state index contributed by atoms with van der Waals surface area (Å²) < 4.78 is 39.7. The number of benzene rings is 2. The highest BCUT2D eigenvalue weighted by molar-refractivity contribution is 7.92. The molecule has 11 heteroatoms. The molecule has 0 unspecified atom stereocenters. The van der Waals surface area contributed by atoms with Gasteiger partial charge in [-0.05, 0) is 57.5 Å². The lowest BCUT2D eigenvalue weighted by molar-refractivity contribution is -0.141. The largest absolute Gasteiger partial charge is 0.350 e. The monoisotopic (exact) mass is 545 g/mol. The van der Waals surface area contributed by atoms with Crippen LogP contribution in [0.25, 0.3) is 0 Å². The van der Waals surface area contributed by atoms with Crippen LogP contribution < -0.4 is 9.62 Å². The van der Waals surface area contributed by atoms with Gasteiger partial charge in [0.05, 0.1) is 11.9 Å². The maximum Gasteiger partial charge on any atom is 0.244 e. The maximum absolute atomic E-state index is 13.8. The van der Waals surface area contributed by atoms with Crippen molar-refractivity contribution in [3.8, 4) is 0 Å².